The fourth-order valence-corrected chi connectivity index (χ4v) is 6.77. The number of nitrogens with two attached hydrogens (primary N) is 3. The van der Waals surface area contributed by atoms with Crippen molar-refractivity contribution in [3.8, 4) is 11.4 Å². The van der Waals surface area contributed by atoms with Crippen molar-refractivity contribution >= 4 is 25.7 Å². The molecule has 33 heavy (non-hydrogen) atoms. The van der Waals surface area contributed by atoms with E-state index in [1.807, 2.05) is 4.90 Å². The SMILES string of the molecule is NCCC1CCN(c2ccc(S(=O)(=O)N[C@H](CN)CO)c(S(N)(=O)=O)c2-c2nn[nH]n2)CC1. The Morgan fingerprint density at radius 2 is 1.91 bits per heavy atom. The number of H-pyrrole nitrogens is 1. The van der Waals surface area contributed by atoms with Crippen LogP contribution >= 0.6 is 0 Å². The molecule has 16 heteroatoms. The van der Waals surface area contributed by atoms with Gasteiger partial charge in [-0.1, -0.05) is 0 Å². The molecule has 14 nitrogen and oxygen atoms in total. The van der Waals surface area contributed by atoms with Gasteiger partial charge in [0, 0.05) is 25.3 Å². The number of aliphatic hydroxyl groups excluding tert-OH is 1. The summed E-state index contributed by atoms with van der Waals surface area (Å²) in [5, 5.41) is 28.4. The number of primary sulfonamides is 1. The van der Waals surface area contributed by atoms with E-state index in [4.69, 9.17) is 16.6 Å². The van der Waals surface area contributed by atoms with Gasteiger partial charge in [-0.25, -0.2) is 26.7 Å². The predicted octanol–water partition coefficient (Wildman–Crippen LogP) is -2.32. The van der Waals surface area contributed by atoms with Crippen molar-refractivity contribution in [3.63, 3.8) is 0 Å². The first-order valence-corrected chi connectivity index (χ1v) is 13.4. The number of piperidine rings is 1. The van der Waals surface area contributed by atoms with Gasteiger partial charge in [-0.2, -0.15) is 5.21 Å². The topological polar surface area (TPSA) is 236 Å². The lowest BCUT2D eigenvalue weighted by Crippen LogP contribution is -2.43. The zero-order valence-corrected chi connectivity index (χ0v) is 19.5. The first-order valence-electron chi connectivity index (χ1n) is 10.3. The number of aromatic amines is 1. The monoisotopic (exact) mass is 503 g/mol. The van der Waals surface area contributed by atoms with Crippen LogP contribution in [-0.4, -0.2) is 81.4 Å². The van der Waals surface area contributed by atoms with Crippen molar-refractivity contribution in [2.45, 2.75) is 35.1 Å². The molecule has 2 heterocycles. The molecular formula is C17H29N9O5S2. The number of hydrogen-bond acceptors (Lipinski definition) is 11. The van der Waals surface area contributed by atoms with E-state index in [0.29, 0.717) is 31.2 Å². The Balaban J connectivity index is 2.18. The molecule has 0 saturated carbocycles. The predicted molar refractivity (Wildman–Crippen MR) is 120 cm³/mol. The Morgan fingerprint density at radius 1 is 1.21 bits per heavy atom. The number of aromatic nitrogens is 4. The average molecular weight is 504 g/mol. The van der Waals surface area contributed by atoms with Crippen LogP contribution < -0.4 is 26.2 Å². The summed E-state index contributed by atoms with van der Waals surface area (Å²) in [6.45, 7) is 1.01. The van der Waals surface area contributed by atoms with Crippen LogP contribution in [0.5, 0.6) is 0 Å². The van der Waals surface area contributed by atoms with Gasteiger partial charge in [0.05, 0.1) is 18.2 Å². The third kappa shape index (κ3) is 5.65. The van der Waals surface area contributed by atoms with Crippen molar-refractivity contribution < 1.29 is 21.9 Å². The molecule has 0 aliphatic carbocycles. The Hall–Kier alpha value is -2.21. The molecule has 3 rings (SSSR count). The van der Waals surface area contributed by atoms with Crippen LogP contribution in [0.1, 0.15) is 19.3 Å². The highest BCUT2D eigenvalue weighted by Crippen LogP contribution is 2.39. The second-order valence-corrected chi connectivity index (χ2v) is 11.0. The van der Waals surface area contributed by atoms with E-state index in [2.05, 4.69) is 25.3 Å². The summed E-state index contributed by atoms with van der Waals surface area (Å²) in [6.07, 6.45) is 2.57. The number of sulfonamides is 2. The van der Waals surface area contributed by atoms with Gasteiger partial charge < -0.3 is 21.5 Å². The molecule has 1 atom stereocenters. The first-order chi connectivity index (χ1) is 15.6. The second-order valence-electron chi connectivity index (χ2n) is 7.81. The largest absolute Gasteiger partial charge is 0.395 e. The molecule has 1 aromatic carbocycles. The fraction of sp³-hybridized carbons (Fsp3) is 0.588. The van der Waals surface area contributed by atoms with Gasteiger partial charge in [0.2, 0.25) is 25.9 Å². The summed E-state index contributed by atoms with van der Waals surface area (Å²) in [5.74, 6) is 0.334. The maximum absolute atomic E-state index is 13.1. The molecule has 0 bridgehead atoms. The minimum atomic E-state index is -4.58. The first kappa shape index (κ1) is 25.4. The van der Waals surface area contributed by atoms with Gasteiger partial charge in [-0.05, 0) is 49.1 Å². The number of aliphatic hydroxyl groups is 1. The maximum atomic E-state index is 13.1. The van der Waals surface area contributed by atoms with Gasteiger partial charge in [0.25, 0.3) is 0 Å². The molecule has 1 aliphatic heterocycles. The molecule has 0 amide bonds. The Kier molecular flexibility index (Phi) is 7.99. The van der Waals surface area contributed by atoms with Crippen LogP contribution in [0.25, 0.3) is 11.4 Å². The van der Waals surface area contributed by atoms with Crippen molar-refractivity contribution in [1.82, 2.24) is 25.3 Å². The van der Waals surface area contributed by atoms with E-state index in [1.165, 1.54) is 6.07 Å². The van der Waals surface area contributed by atoms with Crippen molar-refractivity contribution in [2.75, 3.05) is 37.7 Å². The smallest absolute Gasteiger partial charge is 0.242 e. The summed E-state index contributed by atoms with van der Waals surface area (Å²) in [7, 11) is -9.02. The molecule has 2 aromatic rings. The van der Waals surface area contributed by atoms with Crippen LogP contribution in [0.4, 0.5) is 5.69 Å². The van der Waals surface area contributed by atoms with E-state index >= 15 is 0 Å². The second kappa shape index (κ2) is 10.4. The van der Waals surface area contributed by atoms with E-state index in [0.717, 1.165) is 25.3 Å². The number of nitrogens with one attached hydrogen (secondary N) is 2. The number of nitrogens with zero attached hydrogens (tertiary/aromatic N) is 4. The molecule has 0 radical (unpaired) electrons. The van der Waals surface area contributed by atoms with Crippen LogP contribution in [0.2, 0.25) is 0 Å². The van der Waals surface area contributed by atoms with E-state index in [-0.39, 0.29) is 17.9 Å². The quantitative estimate of drug-likeness (QED) is 0.201. The summed E-state index contributed by atoms with van der Waals surface area (Å²) in [4.78, 5) is 0.679. The number of rotatable bonds is 10. The molecule has 0 spiro atoms. The summed E-state index contributed by atoms with van der Waals surface area (Å²) < 4.78 is 53.7. The standard InChI is InChI=1S/C17H29N9O5S2/c18-6-3-11-4-7-26(8-5-11)13-1-2-14(33(30,31)23-12(9-19)10-27)16(32(20,28)29)15(13)17-21-24-25-22-17/h1-2,11-12,23,27H,3-10,18-19H2,(H2,20,28,29)(H,21,22,24,25)/t12-/m1/s1. The van der Waals surface area contributed by atoms with Crippen LogP contribution in [0, 0.1) is 5.92 Å². The van der Waals surface area contributed by atoms with Crippen LogP contribution in [-0.2, 0) is 20.0 Å². The molecule has 9 N–H and O–H groups in total. The fourth-order valence-electron chi connectivity index (χ4n) is 3.94. The highest BCUT2D eigenvalue weighted by molar-refractivity contribution is 7.92. The van der Waals surface area contributed by atoms with Gasteiger partial charge in [0.1, 0.15) is 9.79 Å². The normalized spacial score (nSPS) is 16.8. The molecular weight excluding hydrogens is 474 g/mol. The van der Waals surface area contributed by atoms with Gasteiger partial charge in [-0.15, -0.1) is 10.2 Å². The molecule has 1 fully saturated rings. The third-order valence-electron chi connectivity index (χ3n) is 5.60. The maximum Gasteiger partial charge on any atom is 0.242 e. The lowest BCUT2D eigenvalue weighted by molar-refractivity contribution is 0.259. The van der Waals surface area contributed by atoms with Crippen LogP contribution in [0.3, 0.4) is 0 Å². The zero-order chi connectivity index (χ0) is 24.2. The van der Waals surface area contributed by atoms with Crippen molar-refractivity contribution in [3.05, 3.63) is 12.1 Å². The van der Waals surface area contributed by atoms with Gasteiger partial charge in [0.15, 0.2) is 0 Å². The third-order valence-corrected chi connectivity index (χ3v) is 8.28. The Morgan fingerprint density at radius 3 is 2.42 bits per heavy atom. The van der Waals surface area contributed by atoms with Crippen molar-refractivity contribution in [1.29, 1.82) is 0 Å². The molecule has 1 aliphatic rings. The van der Waals surface area contributed by atoms with Gasteiger partial charge in [-0.3, -0.25) is 0 Å². The minimum Gasteiger partial charge on any atom is -0.395 e. The highest BCUT2D eigenvalue weighted by Gasteiger charge is 2.34. The number of anilines is 1. The van der Waals surface area contributed by atoms with E-state index < -0.39 is 42.5 Å². The van der Waals surface area contributed by atoms with Crippen molar-refractivity contribution in [2.24, 2.45) is 22.5 Å². The zero-order valence-electron chi connectivity index (χ0n) is 17.9. The molecule has 1 aromatic heterocycles. The Labute approximate surface area is 192 Å². The molecule has 1 saturated heterocycles. The summed E-state index contributed by atoms with van der Waals surface area (Å²) in [6, 6.07) is 1.64. The lowest BCUT2D eigenvalue weighted by Gasteiger charge is -2.35. The lowest BCUT2D eigenvalue weighted by atomic mass is 9.93. The minimum absolute atomic E-state index is 0.0697. The average Bonchev–Trinajstić information content (AvgIpc) is 3.31. The number of tetrazole rings is 1. The van der Waals surface area contributed by atoms with E-state index in [9.17, 15) is 21.9 Å². The number of benzene rings is 1. The summed E-state index contributed by atoms with van der Waals surface area (Å²) >= 11 is 0. The van der Waals surface area contributed by atoms with Crippen LogP contribution in [0.15, 0.2) is 21.9 Å². The number of hydrogen-bond donors (Lipinski definition) is 6. The van der Waals surface area contributed by atoms with E-state index in [1.54, 1.807) is 0 Å². The Bertz CT molecular complexity index is 1140. The summed E-state index contributed by atoms with van der Waals surface area (Å²) in [5.41, 5.74) is 11.5. The van der Waals surface area contributed by atoms with Gasteiger partial charge >= 0.3 is 0 Å². The molecule has 0 unspecified atom stereocenters. The molecule has 184 valence electrons. The highest BCUT2D eigenvalue weighted by atomic mass is 32.2.